The highest BCUT2D eigenvalue weighted by Crippen LogP contribution is 2.17. The van der Waals surface area contributed by atoms with Crippen molar-refractivity contribution in [2.75, 3.05) is 19.0 Å². The van der Waals surface area contributed by atoms with Gasteiger partial charge in [-0.15, -0.1) is 0 Å². The molecule has 0 bridgehead atoms. The van der Waals surface area contributed by atoms with E-state index in [2.05, 4.69) is 48.6 Å². The molecule has 0 aromatic heterocycles. The summed E-state index contributed by atoms with van der Waals surface area (Å²) in [5, 5.41) is 3.54. The number of nitrogens with one attached hydrogen (secondary N) is 1. The third-order valence-corrected chi connectivity index (χ3v) is 3.42. The molecule has 2 rings (SSSR count). The Morgan fingerprint density at radius 3 is 2.40 bits per heavy atom. The minimum absolute atomic E-state index is 0.912. The van der Waals surface area contributed by atoms with E-state index >= 15 is 0 Å². The summed E-state index contributed by atoms with van der Waals surface area (Å²) in [5.41, 5.74) is 4.00. The van der Waals surface area contributed by atoms with Crippen molar-refractivity contribution in [3.8, 4) is 5.75 Å². The molecule has 2 nitrogen and oxygen atoms in total. The van der Waals surface area contributed by atoms with E-state index in [0.29, 0.717) is 0 Å². The van der Waals surface area contributed by atoms with Crippen LogP contribution in [0.4, 0.5) is 5.69 Å². The number of hydrogen-bond acceptors (Lipinski definition) is 2. The molecule has 0 amide bonds. The van der Waals surface area contributed by atoms with Gasteiger partial charge in [0.15, 0.2) is 0 Å². The first-order valence-corrected chi connectivity index (χ1v) is 7.28. The SMILES string of the molecule is CCCc1ccccc1NCCc1ccc(OC)cc1. The highest BCUT2D eigenvalue weighted by atomic mass is 16.5. The first kappa shape index (κ1) is 14.4. The number of rotatable bonds is 7. The van der Waals surface area contributed by atoms with E-state index in [4.69, 9.17) is 4.74 Å². The molecule has 2 aromatic rings. The molecule has 106 valence electrons. The quantitative estimate of drug-likeness (QED) is 0.809. The van der Waals surface area contributed by atoms with Crippen molar-refractivity contribution in [1.29, 1.82) is 0 Å². The van der Waals surface area contributed by atoms with Crippen molar-refractivity contribution in [3.05, 3.63) is 59.7 Å². The molecule has 0 unspecified atom stereocenters. The molecular formula is C18H23NO. The van der Waals surface area contributed by atoms with Crippen molar-refractivity contribution in [2.24, 2.45) is 0 Å². The maximum atomic E-state index is 5.17. The zero-order valence-corrected chi connectivity index (χ0v) is 12.4. The number of ether oxygens (including phenoxy) is 1. The van der Waals surface area contributed by atoms with Crippen molar-refractivity contribution in [1.82, 2.24) is 0 Å². The third kappa shape index (κ3) is 4.02. The molecule has 0 saturated heterocycles. The van der Waals surface area contributed by atoms with Gasteiger partial charge in [-0.25, -0.2) is 0 Å². The van der Waals surface area contributed by atoms with E-state index in [0.717, 1.165) is 25.1 Å². The van der Waals surface area contributed by atoms with Gasteiger partial charge in [-0.3, -0.25) is 0 Å². The Hall–Kier alpha value is -1.96. The highest BCUT2D eigenvalue weighted by Gasteiger charge is 2.00. The summed E-state index contributed by atoms with van der Waals surface area (Å²) in [5.74, 6) is 0.912. The van der Waals surface area contributed by atoms with Crippen LogP contribution in [-0.4, -0.2) is 13.7 Å². The van der Waals surface area contributed by atoms with E-state index in [1.165, 1.54) is 23.2 Å². The lowest BCUT2D eigenvalue weighted by atomic mass is 10.1. The van der Waals surface area contributed by atoms with Crippen LogP contribution >= 0.6 is 0 Å². The number of aryl methyl sites for hydroxylation is 1. The van der Waals surface area contributed by atoms with Gasteiger partial charge in [0.25, 0.3) is 0 Å². The Labute approximate surface area is 121 Å². The predicted molar refractivity (Wildman–Crippen MR) is 85.6 cm³/mol. The predicted octanol–water partition coefficient (Wildman–Crippen LogP) is 4.30. The molecule has 0 atom stereocenters. The Kier molecular flexibility index (Phi) is 5.48. The fraction of sp³-hybridized carbons (Fsp3) is 0.333. The molecule has 0 aliphatic carbocycles. The maximum absolute atomic E-state index is 5.17. The standard InChI is InChI=1S/C18H23NO/c1-3-6-16-7-4-5-8-18(16)19-14-13-15-9-11-17(20-2)12-10-15/h4-5,7-12,19H,3,6,13-14H2,1-2H3. The number of methoxy groups -OCH3 is 1. The fourth-order valence-corrected chi connectivity index (χ4v) is 2.31. The van der Waals surface area contributed by atoms with E-state index in [1.807, 2.05) is 12.1 Å². The summed E-state index contributed by atoms with van der Waals surface area (Å²) < 4.78 is 5.17. The van der Waals surface area contributed by atoms with Crippen molar-refractivity contribution in [3.63, 3.8) is 0 Å². The molecule has 0 saturated carbocycles. The van der Waals surface area contributed by atoms with Crippen LogP contribution in [-0.2, 0) is 12.8 Å². The van der Waals surface area contributed by atoms with Crippen LogP contribution < -0.4 is 10.1 Å². The normalized spacial score (nSPS) is 10.3. The summed E-state index contributed by atoms with van der Waals surface area (Å²) in [7, 11) is 1.70. The monoisotopic (exact) mass is 269 g/mol. The van der Waals surface area contributed by atoms with Crippen LogP contribution in [0.25, 0.3) is 0 Å². The molecule has 0 aliphatic heterocycles. The van der Waals surface area contributed by atoms with Gasteiger partial charge in [-0.05, 0) is 42.2 Å². The van der Waals surface area contributed by atoms with Crippen molar-refractivity contribution in [2.45, 2.75) is 26.2 Å². The second kappa shape index (κ2) is 7.59. The molecule has 0 heterocycles. The topological polar surface area (TPSA) is 21.3 Å². The van der Waals surface area contributed by atoms with Crippen LogP contribution in [0.3, 0.4) is 0 Å². The number of hydrogen-bond donors (Lipinski definition) is 1. The van der Waals surface area contributed by atoms with Gasteiger partial charge in [-0.1, -0.05) is 43.7 Å². The van der Waals surface area contributed by atoms with Gasteiger partial charge in [0.1, 0.15) is 5.75 Å². The molecule has 20 heavy (non-hydrogen) atoms. The largest absolute Gasteiger partial charge is 0.497 e. The fourth-order valence-electron chi connectivity index (χ4n) is 2.31. The van der Waals surface area contributed by atoms with Crippen LogP contribution in [0.5, 0.6) is 5.75 Å². The van der Waals surface area contributed by atoms with Gasteiger partial charge >= 0.3 is 0 Å². The number of anilines is 1. The van der Waals surface area contributed by atoms with Crippen molar-refractivity contribution < 1.29 is 4.74 Å². The maximum Gasteiger partial charge on any atom is 0.118 e. The zero-order valence-electron chi connectivity index (χ0n) is 12.4. The van der Waals surface area contributed by atoms with Gasteiger partial charge < -0.3 is 10.1 Å². The van der Waals surface area contributed by atoms with Gasteiger partial charge in [-0.2, -0.15) is 0 Å². The minimum Gasteiger partial charge on any atom is -0.497 e. The Morgan fingerprint density at radius 1 is 0.950 bits per heavy atom. The Morgan fingerprint density at radius 2 is 1.70 bits per heavy atom. The van der Waals surface area contributed by atoms with Gasteiger partial charge in [0, 0.05) is 12.2 Å². The van der Waals surface area contributed by atoms with E-state index in [-0.39, 0.29) is 0 Å². The first-order valence-electron chi connectivity index (χ1n) is 7.28. The van der Waals surface area contributed by atoms with Crippen LogP contribution in [0, 0.1) is 0 Å². The van der Waals surface area contributed by atoms with E-state index < -0.39 is 0 Å². The molecule has 0 spiro atoms. The highest BCUT2D eigenvalue weighted by molar-refractivity contribution is 5.51. The molecule has 1 N–H and O–H groups in total. The molecular weight excluding hydrogens is 246 g/mol. The van der Waals surface area contributed by atoms with Gasteiger partial charge in [0.05, 0.1) is 7.11 Å². The van der Waals surface area contributed by atoms with Crippen LogP contribution in [0.1, 0.15) is 24.5 Å². The van der Waals surface area contributed by atoms with E-state index in [1.54, 1.807) is 7.11 Å². The number of para-hydroxylation sites is 1. The zero-order chi connectivity index (χ0) is 14.2. The third-order valence-electron chi connectivity index (χ3n) is 3.42. The molecule has 2 heteroatoms. The first-order chi connectivity index (χ1) is 9.83. The molecule has 0 aliphatic rings. The van der Waals surface area contributed by atoms with Gasteiger partial charge in [0.2, 0.25) is 0 Å². The summed E-state index contributed by atoms with van der Waals surface area (Å²) >= 11 is 0. The van der Waals surface area contributed by atoms with Crippen LogP contribution in [0.2, 0.25) is 0 Å². The Bertz CT molecular complexity index is 519. The number of benzene rings is 2. The second-order valence-electron chi connectivity index (χ2n) is 4.93. The van der Waals surface area contributed by atoms with Crippen LogP contribution in [0.15, 0.2) is 48.5 Å². The summed E-state index contributed by atoms with van der Waals surface area (Å²) in [6.45, 7) is 3.17. The van der Waals surface area contributed by atoms with Crippen molar-refractivity contribution >= 4 is 5.69 Å². The summed E-state index contributed by atoms with van der Waals surface area (Å²) in [6.07, 6.45) is 3.33. The lowest BCUT2D eigenvalue weighted by molar-refractivity contribution is 0.414. The summed E-state index contributed by atoms with van der Waals surface area (Å²) in [6, 6.07) is 16.9. The molecule has 0 radical (unpaired) electrons. The average molecular weight is 269 g/mol. The second-order valence-corrected chi connectivity index (χ2v) is 4.93. The minimum atomic E-state index is 0.912. The lowest BCUT2D eigenvalue weighted by Gasteiger charge is -2.11. The lowest BCUT2D eigenvalue weighted by Crippen LogP contribution is -2.06. The molecule has 0 fully saturated rings. The summed E-state index contributed by atoms with van der Waals surface area (Å²) in [4.78, 5) is 0. The average Bonchev–Trinajstić information content (AvgIpc) is 2.50. The smallest absolute Gasteiger partial charge is 0.118 e. The molecule has 2 aromatic carbocycles. The van der Waals surface area contributed by atoms with E-state index in [9.17, 15) is 0 Å². The Balaban J connectivity index is 1.89.